The molecule has 1 aromatic rings. The Morgan fingerprint density at radius 1 is 1.23 bits per heavy atom. The standard InChI is InChI=1S/C16H20F3NO2/c1-2-22-15(21)6-9-4-3-5-14(20)16(9)10-7-12(18)13(19)8-11(10)17/h7-9,14,16H,2-6,20H2,1H3/t9-,14-,16+/m1/s1. The van der Waals surface area contributed by atoms with Gasteiger partial charge in [0.05, 0.1) is 6.61 Å². The van der Waals surface area contributed by atoms with Crippen molar-refractivity contribution in [3.05, 3.63) is 35.1 Å². The lowest BCUT2D eigenvalue weighted by atomic mass is 9.71. The largest absolute Gasteiger partial charge is 0.466 e. The number of halogens is 3. The van der Waals surface area contributed by atoms with Crippen molar-refractivity contribution >= 4 is 5.97 Å². The molecule has 1 aliphatic rings. The molecule has 1 saturated carbocycles. The highest BCUT2D eigenvalue weighted by Crippen LogP contribution is 2.40. The van der Waals surface area contributed by atoms with E-state index >= 15 is 0 Å². The average Bonchev–Trinajstić information content (AvgIpc) is 2.44. The summed E-state index contributed by atoms with van der Waals surface area (Å²) in [6.45, 7) is 1.97. The van der Waals surface area contributed by atoms with Crippen molar-refractivity contribution in [3.8, 4) is 0 Å². The second-order valence-corrected chi connectivity index (χ2v) is 5.68. The first-order valence-corrected chi connectivity index (χ1v) is 7.49. The third-order valence-corrected chi connectivity index (χ3v) is 4.21. The molecular formula is C16H20F3NO2. The van der Waals surface area contributed by atoms with Crippen LogP contribution in [0.1, 0.15) is 44.1 Å². The minimum absolute atomic E-state index is 0.0420. The molecule has 1 fully saturated rings. The molecule has 0 amide bonds. The van der Waals surface area contributed by atoms with E-state index in [4.69, 9.17) is 10.5 Å². The molecule has 0 unspecified atom stereocenters. The van der Waals surface area contributed by atoms with Gasteiger partial charge in [-0.1, -0.05) is 6.42 Å². The van der Waals surface area contributed by atoms with Gasteiger partial charge in [0.2, 0.25) is 0 Å². The predicted molar refractivity (Wildman–Crippen MR) is 75.6 cm³/mol. The van der Waals surface area contributed by atoms with Crippen LogP contribution in [-0.2, 0) is 9.53 Å². The van der Waals surface area contributed by atoms with Crippen LogP contribution in [0.4, 0.5) is 13.2 Å². The third-order valence-electron chi connectivity index (χ3n) is 4.21. The minimum atomic E-state index is -1.23. The number of nitrogens with two attached hydrogens (primary N) is 1. The normalized spacial score (nSPS) is 25.0. The third kappa shape index (κ3) is 3.61. The lowest BCUT2D eigenvalue weighted by molar-refractivity contribution is -0.144. The number of rotatable bonds is 4. The molecule has 122 valence electrons. The van der Waals surface area contributed by atoms with Gasteiger partial charge in [0.25, 0.3) is 0 Å². The van der Waals surface area contributed by atoms with Gasteiger partial charge in [-0.2, -0.15) is 0 Å². The van der Waals surface area contributed by atoms with E-state index in [1.165, 1.54) is 0 Å². The molecule has 6 heteroatoms. The van der Waals surface area contributed by atoms with Gasteiger partial charge >= 0.3 is 5.97 Å². The van der Waals surface area contributed by atoms with Gasteiger partial charge in [-0.25, -0.2) is 13.2 Å². The smallest absolute Gasteiger partial charge is 0.306 e. The van der Waals surface area contributed by atoms with Gasteiger partial charge in [0.15, 0.2) is 11.6 Å². The molecule has 0 radical (unpaired) electrons. The lowest BCUT2D eigenvalue weighted by Gasteiger charge is -2.36. The van der Waals surface area contributed by atoms with Crippen LogP contribution in [0.15, 0.2) is 12.1 Å². The van der Waals surface area contributed by atoms with Gasteiger partial charge in [-0.05, 0) is 37.3 Å². The highest BCUT2D eigenvalue weighted by molar-refractivity contribution is 5.69. The monoisotopic (exact) mass is 315 g/mol. The fourth-order valence-electron chi connectivity index (χ4n) is 3.27. The van der Waals surface area contributed by atoms with Crippen LogP contribution < -0.4 is 5.73 Å². The van der Waals surface area contributed by atoms with E-state index in [1.807, 2.05) is 0 Å². The van der Waals surface area contributed by atoms with E-state index in [1.54, 1.807) is 6.92 Å². The summed E-state index contributed by atoms with van der Waals surface area (Å²) in [7, 11) is 0. The fraction of sp³-hybridized carbons (Fsp3) is 0.562. The van der Waals surface area contributed by atoms with Gasteiger partial charge in [-0.15, -0.1) is 0 Å². The van der Waals surface area contributed by atoms with Crippen LogP contribution in [-0.4, -0.2) is 18.6 Å². The van der Waals surface area contributed by atoms with Crippen LogP contribution in [0.3, 0.4) is 0 Å². The molecular weight excluding hydrogens is 295 g/mol. The molecule has 2 N–H and O–H groups in total. The number of carbonyl (C=O) groups excluding carboxylic acids is 1. The summed E-state index contributed by atoms with van der Waals surface area (Å²) in [5, 5.41) is 0. The zero-order valence-electron chi connectivity index (χ0n) is 12.5. The van der Waals surface area contributed by atoms with Crippen LogP contribution in [0.25, 0.3) is 0 Å². The maximum absolute atomic E-state index is 14.1. The highest BCUT2D eigenvalue weighted by atomic mass is 19.2. The van der Waals surface area contributed by atoms with Crippen molar-refractivity contribution in [2.24, 2.45) is 11.7 Å². The highest BCUT2D eigenvalue weighted by Gasteiger charge is 2.36. The first kappa shape index (κ1) is 16.8. The Kier molecular flexibility index (Phi) is 5.45. The van der Waals surface area contributed by atoms with E-state index < -0.39 is 29.4 Å². The predicted octanol–water partition coefficient (Wildman–Crippen LogP) is 3.27. The molecule has 0 aliphatic heterocycles. The molecule has 3 atom stereocenters. The summed E-state index contributed by atoms with van der Waals surface area (Å²) in [5.74, 6) is -4.29. The van der Waals surface area contributed by atoms with Crippen LogP contribution in [0.2, 0.25) is 0 Å². The number of carbonyl (C=O) groups is 1. The van der Waals surface area contributed by atoms with E-state index in [-0.39, 0.29) is 30.5 Å². The molecule has 0 saturated heterocycles. The maximum Gasteiger partial charge on any atom is 0.306 e. The molecule has 0 aromatic heterocycles. The van der Waals surface area contributed by atoms with Crippen LogP contribution >= 0.6 is 0 Å². The maximum atomic E-state index is 14.1. The molecule has 1 aliphatic carbocycles. The number of benzene rings is 1. The van der Waals surface area contributed by atoms with Crippen molar-refractivity contribution in [1.29, 1.82) is 0 Å². The summed E-state index contributed by atoms with van der Waals surface area (Å²) in [4.78, 5) is 11.7. The molecule has 0 heterocycles. The van der Waals surface area contributed by atoms with Crippen molar-refractivity contribution in [2.75, 3.05) is 6.61 Å². The van der Waals surface area contributed by atoms with E-state index in [0.29, 0.717) is 18.9 Å². The fourth-order valence-corrected chi connectivity index (χ4v) is 3.27. The Hall–Kier alpha value is -1.56. The second-order valence-electron chi connectivity index (χ2n) is 5.68. The number of hydrogen-bond donors (Lipinski definition) is 1. The summed E-state index contributed by atoms with van der Waals surface area (Å²) in [5.41, 5.74) is 6.12. The lowest BCUT2D eigenvalue weighted by Crippen LogP contribution is -2.38. The number of hydrogen-bond acceptors (Lipinski definition) is 3. The molecule has 2 rings (SSSR count). The number of ether oxygens (including phenoxy) is 1. The van der Waals surface area contributed by atoms with Crippen molar-refractivity contribution in [3.63, 3.8) is 0 Å². The summed E-state index contributed by atoms with van der Waals surface area (Å²) < 4.78 is 45.6. The Morgan fingerprint density at radius 2 is 1.91 bits per heavy atom. The first-order valence-electron chi connectivity index (χ1n) is 7.49. The van der Waals surface area contributed by atoms with Gasteiger partial charge in [-0.3, -0.25) is 4.79 Å². The number of esters is 1. The van der Waals surface area contributed by atoms with Crippen molar-refractivity contribution in [1.82, 2.24) is 0 Å². The van der Waals surface area contributed by atoms with Gasteiger partial charge < -0.3 is 10.5 Å². The average molecular weight is 315 g/mol. The van der Waals surface area contributed by atoms with Gasteiger partial charge in [0, 0.05) is 24.4 Å². The van der Waals surface area contributed by atoms with Gasteiger partial charge in [0.1, 0.15) is 5.82 Å². The van der Waals surface area contributed by atoms with Crippen molar-refractivity contribution in [2.45, 2.75) is 44.6 Å². The Bertz CT molecular complexity index is 550. The Balaban J connectivity index is 2.30. The quantitative estimate of drug-likeness (QED) is 0.685. The summed E-state index contributed by atoms with van der Waals surface area (Å²) in [6, 6.07) is 0.999. The van der Waals surface area contributed by atoms with Crippen LogP contribution in [0, 0.1) is 23.4 Å². The Morgan fingerprint density at radius 3 is 2.59 bits per heavy atom. The zero-order chi connectivity index (χ0) is 16.3. The van der Waals surface area contributed by atoms with Crippen LogP contribution in [0.5, 0.6) is 0 Å². The summed E-state index contributed by atoms with van der Waals surface area (Å²) in [6.07, 6.45) is 2.25. The van der Waals surface area contributed by atoms with Crippen molar-refractivity contribution < 1.29 is 22.7 Å². The topological polar surface area (TPSA) is 52.3 Å². The second kappa shape index (κ2) is 7.13. The minimum Gasteiger partial charge on any atom is -0.466 e. The molecule has 3 nitrogen and oxygen atoms in total. The first-order chi connectivity index (χ1) is 10.4. The van der Waals surface area contributed by atoms with E-state index in [0.717, 1.165) is 12.5 Å². The van der Waals surface area contributed by atoms with E-state index in [2.05, 4.69) is 0 Å². The summed E-state index contributed by atoms with van der Waals surface area (Å²) >= 11 is 0. The zero-order valence-corrected chi connectivity index (χ0v) is 12.5. The Labute approximate surface area is 127 Å². The molecule has 0 bridgehead atoms. The SMILES string of the molecule is CCOC(=O)C[C@H]1CCC[C@@H](N)[C@@H]1c1cc(F)c(F)cc1F. The molecule has 1 aromatic carbocycles. The molecule has 22 heavy (non-hydrogen) atoms. The molecule has 0 spiro atoms. The van der Waals surface area contributed by atoms with E-state index in [9.17, 15) is 18.0 Å².